The largest absolute Gasteiger partial charge is 0.434 e. The van der Waals surface area contributed by atoms with Crippen LogP contribution in [0.5, 0.6) is 5.75 Å². The molecule has 0 saturated heterocycles. The second kappa shape index (κ2) is 7.55. The predicted molar refractivity (Wildman–Crippen MR) is 84.3 cm³/mol. The number of rotatable bonds is 6. The van der Waals surface area contributed by atoms with Crippen molar-refractivity contribution in [3.63, 3.8) is 0 Å². The van der Waals surface area contributed by atoms with Crippen LogP contribution in [0.2, 0.25) is 0 Å². The second-order valence-electron chi connectivity index (χ2n) is 4.77. The molecule has 112 valence electrons. The van der Waals surface area contributed by atoms with Crippen LogP contribution < -0.4 is 4.74 Å². The average Bonchev–Trinajstić information content (AvgIpc) is 2.48. The van der Waals surface area contributed by atoms with Gasteiger partial charge in [-0.3, -0.25) is 0 Å². The van der Waals surface area contributed by atoms with Crippen molar-refractivity contribution in [2.24, 2.45) is 0 Å². The fourth-order valence-corrected chi connectivity index (χ4v) is 2.90. The fourth-order valence-electron chi connectivity index (χ4n) is 2.21. The molecule has 0 spiro atoms. The molecule has 0 amide bonds. The summed E-state index contributed by atoms with van der Waals surface area (Å²) in [7, 11) is 0. The van der Waals surface area contributed by atoms with Crippen molar-refractivity contribution in [1.82, 2.24) is 0 Å². The molecule has 0 aliphatic rings. The molecule has 2 aromatic carbocycles. The number of aryl methyl sites for hydroxylation is 1. The smallest absolute Gasteiger partial charge is 0.387 e. The molecule has 2 aromatic rings. The van der Waals surface area contributed by atoms with E-state index in [9.17, 15) is 8.78 Å². The highest BCUT2D eigenvalue weighted by Gasteiger charge is 2.17. The summed E-state index contributed by atoms with van der Waals surface area (Å²) in [6, 6.07) is 15.0. The van der Waals surface area contributed by atoms with Gasteiger partial charge in [-0.25, -0.2) is 0 Å². The Hall–Kier alpha value is -1.42. The Labute approximate surface area is 132 Å². The van der Waals surface area contributed by atoms with E-state index in [4.69, 9.17) is 0 Å². The SMILES string of the molecule is CCCc1ccc(C(Br)c2ccccc2OC(F)F)cc1. The zero-order valence-corrected chi connectivity index (χ0v) is 13.3. The monoisotopic (exact) mass is 354 g/mol. The van der Waals surface area contributed by atoms with Crippen LogP contribution in [0.4, 0.5) is 8.78 Å². The summed E-state index contributed by atoms with van der Waals surface area (Å²) in [4.78, 5) is -0.178. The molecule has 1 atom stereocenters. The van der Waals surface area contributed by atoms with Crippen LogP contribution in [0.1, 0.15) is 34.9 Å². The molecule has 4 heteroatoms. The Bertz CT molecular complexity index is 569. The van der Waals surface area contributed by atoms with Crippen molar-refractivity contribution in [2.45, 2.75) is 31.2 Å². The molecular weight excluding hydrogens is 338 g/mol. The van der Waals surface area contributed by atoms with Gasteiger partial charge in [0, 0.05) is 5.56 Å². The van der Waals surface area contributed by atoms with Gasteiger partial charge in [0.2, 0.25) is 0 Å². The molecular formula is C17H17BrF2O. The van der Waals surface area contributed by atoms with Crippen LogP contribution in [0.3, 0.4) is 0 Å². The maximum atomic E-state index is 12.5. The zero-order valence-electron chi connectivity index (χ0n) is 11.7. The van der Waals surface area contributed by atoms with Crippen molar-refractivity contribution in [3.8, 4) is 5.75 Å². The minimum absolute atomic E-state index is 0.178. The number of hydrogen-bond acceptors (Lipinski definition) is 1. The number of para-hydroxylation sites is 1. The van der Waals surface area contributed by atoms with E-state index in [1.807, 2.05) is 18.2 Å². The lowest BCUT2D eigenvalue weighted by Crippen LogP contribution is -2.05. The van der Waals surface area contributed by atoms with Crippen LogP contribution in [0.15, 0.2) is 48.5 Å². The summed E-state index contributed by atoms with van der Waals surface area (Å²) in [6.07, 6.45) is 2.14. The third-order valence-corrected chi connectivity index (χ3v) is 4.24. The maximum Gasteiger partial charge on any atom is 0.387 e. The first-order valence-corrected chi connectivity index (χ1v) is 7.80. The van der Waals surface area contributed by atoms with Crippen LogP contribution in [0.25, 0.3) is 0 Å². The van der Waals surface area contributed by atoms with E-state index < -0.39 is 6.61 Å². The first kappa shape index (κ1) is 16.0. The van der Waals surface area contributed by atoms with Crippen molar-refractivity contribution < 1.29 is 13.5 Å². The summed E-state index contributed by atoms with van der Waals surface area (Å²) in [5.74, 6) is 0.201. The van der Waals surface area contributed by atoms with E-state index in [2.05, 4.69) is 39.7 Å². The molecule has 0 aromatic heterocycles. The molecule has 1 nitrogen and oxygen atoms in total. The van der Waals surface area contributed by atoms with Gasteiger partial charge in [0.1, 0.15) is 5.75 Å². The van der Waals surface area contributed by atoms with Gasteiger partial charge in [0.25, 0.3) is 0 Å². The Kier molecular flexibility index (Phi) is 5.74. The van der Waals surface area contributed by atoms with Gasteiger partial charge in [-0.2, -0.15) is 8.78 Å². The van der Waals surface area contributed by atoms with Crippen LogP contribution in [-0.2, 0) is 6.42 Å². The lowest BCUT2D eigenvalue weighted by atomic mass is 10.0. The van der Waals surface area contributed by atoms with E-state index in [0.29, 0.717) is 5.56 Å². The van der Waals surface area contributed by atoms with E-state index in [0.717, 1.165) is 18.4 Å². The Morgan fingerprint density at radius 3 is 2.33 bits per heavy atom. The molecule has 0 heterocycles. The van der Waals surface area contributed by atoms with Gasteiger partial charge in [-0.05, 0) is 23.6 Å². The van der Waals surface area contributed by atoms with Crippen LogP contribution in [-0.4, -0.2) is 6.61 Å². The predicted octanol–water partition coefficient (Wildman–Crippen LogP) is 5.72. The molecule has 1 unspecified atom stereocenters. The third kappa shape index (κ3) is 4.27. The number of ether oxygens (including phenoxy) is 1. The number of hydrogen-bond donors (Lipinski definition) is 0. The molecule has 0 radical (unpaired) electrons. The number of benzene rings is 2. The molecule has 0 N–H and O–H groups in total. The first-order valence-electron chi connectivity index (χ1n) is 6.88. The highest BCUT2D eigenvalue weighted by molar-refractivity contribution is 9.09. The summed E-state index contributed by atoms with van der Waals surface area (Å²) in [5, 5.41) is 0. The van der Waals surface area contributed by atoms with Crippen molar-refractivity contribution >= 4 is 15.9 Å². The van der Waals surface area contributed by atoms with E-state index in [1.165, 1.54) is 5.56 Å². The van der Waals surface area contributed by atoms with Gasteiger partial charge < -0.3 is 4.74 Å². The molecule has 0 aliphatic heterocycles. The standard InChI is InChI=1S/C17H17BrF2O/c1-2-5-12-8-10-13(11-9-12)16(18)14-6-3-4-7-15(14)21-17(19)20/h3-4,6-11,16-17H,2,5H2,1H3. The molecule has 0 aliphatic carbocycles. The van der Waals surface area contributed by atoms with E-state index in [-0.39, 0.29) is 10.6 Å². The molecule has 0 fully saturated rings. The lowest BCUT2D eigenvalue weighted by molar-refractivity contribution is -0.0503. The van der Waals surface area contributed by atoms with Crippen molar-refractivity contribution in [2.75, 3.05) is 0 Å². The summed E-state index contributed by atoms with van der Waals surface area (Å²) >= 11 is 3.57. The third-order valence-electron chi connectivity index (χ3n) is 3.22. The van der Waals surface area contributed by atoms with Crippen LogP contribution in [0, 0.1) is 0 Å². The van der Waals surface area contributed by atoms with Gasteiger partial charge in [-0.15, -0.1) is 0 Å². The average molecular weight is 355 g/mol. The quantitative estimate of drug-likeness (QED) is 0.602. The Balaban J connectivity index is 2.24. The lowest BCUT2D eigenvalue weighted by Gasteiger charge is -2.16. The van der Waals surface area contributed by atoms with Crippen molar-refractivity contribution in [1.29, 1.82) is 0 Å². The van der Waals surface area contributed by atoms with Gasteiger partial charge >= 0.3 is 6.61 Å². The Morgan fingerprint density at radius 2 is 1.71 bits per heavy atom. The fraction of sp³-hybridized carbons (Fsp3) is 0.294. The molecule has 0 bridgehead atoms. The second-order valence-corrected chi connectivity index (χ2v) is 5.69. The Morgan fingerprint density at radius 1 is 1.05 bits per heavy atom. The van der Waals surface area contributed by atoms with Gasteiger partial charge in [0.15, 0.2) is 0 Å². The van der Waals surface area contributed by atoms with Crippen molar-refractivity contribution in [3.05, 3.63) is 65.2 Å². The van der Waals surface area contributed by atoms with Crippen LogP contribution >= 0.6 is 15.9 Å². The number of alkyl halides is 3. The normalized spacial score (nSPS) is 12.4. The van der Waals surface area contributed by atoms with E-state index in [1.54, 1.807) is 18.2 Å². The molecule has 0 saturated carbocycles. The minimum Gasteiger partial charge on any atom is -0.434 e. The summed E-state index contributed by atoms with van der Waals surface area (Å²) in [6.45, 7) is -0.683. The first-order chi connectivity index (χ1) is 10.1. The highest BCUT2D eigenvalue weighted by atomic mass is 79.9. The summed E-state index contributed by atoms with van der Waals surface area (Å²) < 4.78 is 29.5. The topological polar surface area (TPSA) is 9.23 Å². The highest BCUT2D eigenvalue weighted by Crippen LogP contribution is 2.37. The molecule has 2 rings (SSSR count). The van der Waals surface area contributed by atoms with Gasteiger partial charge in [-0.1, -0.05) is 71.7 Å². The van der Waals surface area contributed by atoms with Gasteiger partial charge in [0.05, 0.1) is 4.83 Å². The maximum absolute atomic E-state index is 12.5. The zero-order chi connectivity index (χ0) is 15.2. The molecule has 21 heavy (non-hydrogen) atoms. The number of halogens is 3. The minimum atomic E-state index is -2.82. The van der Waals surface area contributed by atoms with E-state index >= 15 is 0 Å². The summed E-state index contributed by atoms with van der Waals surface area (Å²) in [5.41, 5.74) is 2.99.